The molecular weight excluding hydrogens is 276 g/mol. The molecule has 0 amide bonds. The Balaban J connectivity index is 2.21. The molecule has 8 heteroatoms. The van der Waals surface area contributed by atoms with Crippen LogP contribution in [0.15, 0.2) is 41.0 Å². The number of nitrogens with zero attached hydrogens (tertiary/aromatic N) is 4. The van der Waals surface area contributed by atoms with Crippen molar-refractivity contribution < 1.29 is 14.7 Å². The van der Waals surface area contributed by atoms with Crippen LogP contribution < -0.4 is 4.90 Å². The number of nitro benzene ring substituents is 1. The van der Waals surface area contributed by atoms with Gasteiger partial charge in [0.2, 0.25) is 0 Å². The molecule has 0 saturated carbocycles. The molecule has 0 spiro atoms. The Bertz CT molecular complexity index is 813. The van der Waals surface area contributed by atoms with Crippen LogP contribution >= 0.6 is 0 Å². The number of aromatic nitrogens is 2. The van der Waals surface area contributed by atoms with E-state index in [0.717, 1.165) is 0 Å². The summed E-state index contributed by atoms with van der Waals surface area (Å²) in [6, 6.07) is 9.13. The van der Waals surface area contributed by atoms with Crippen LogP contribution in [0, 0.1) is 10.1 Å². The van der Waals surface area contributed by atoms with Gasteiger partial charge in [-0.3, -0.25) is 10.1 Å². The van der Waals surface area contributed by atoms with Crippen LogP contribution in [0.4, 0.5) is 17.1 Å². The highest BCUT2D eigenvalue weighted by Gasteiger charge is 2.24. The van der Waals surface area contributed by atoms with Gasteiger partial charge in [0, 0.05) is 18.8 Å². The number of hydrogen-bond donors (Lipinski definition) is 1. The van der Waals surface area contributed by atoms with E-state index in [1.54, 1.807) is 24.1 Å². The van der Waals surface area contributed by atoms with Gasteiger partial charge in [0.1, 0.15) is 11.3 Å². The highest BCUT2D eigenvalue weighted by molar-refractivity contribution is 5.95. The fourth-order valence-electron chi connectivity index (χ4n) is 2.11. The first-order chi connectivity index (χ1) is 10.1. The topological polar surface area (TPSA) is 106 Å². The summed E-state index contributed by atoms with van der Waals surface area (Å²) in [4.78, 5) is 12.4. The smallest absolute Gasteiger partial charge is 0.295 e. The highest BCUT2D eigenvalue weighted by atomic mass is 16.6. The maximum atomic E-state index is 11.2. The molecule has 106 valence electrons. The minimum Gasteiger partial charge on any atom is -0.508 e. The number of benzene rings is 2. The van der Waals surface area contributed by atoms with E-state index in [0.29, 0.717) is 16.7 Å². The van der Waals surface area contributed by atoms with Crippen molar-refractivity contribution in [1.29, 1.82) is 0 Å². The van der Waals surface area contributed by atoms with E-state index in [1.807, 2.05) is 0 Å². The summed E-state index contributed by atoms with van der Waals surface area (Å²) < 4.78 is 4.66. The fraction of sp³-hybridized carbons (Fsp3) is 0.0769. The number of anilines is 2. The van der Waals surface area contributed by atoms with E-state index in [9.17, 15) is 15.2 Å². The van der Waals surface area contributed by atoms with Crippen molar-refractivity contribution in [3.05, 3.63) is 46.5 Å². The van der Waals surface area contributed by atoms with E-state index >= 15 is 0 Å². The summed E-state index contributed by atoms with van der Waals surface area (Å²) in [6.45, 7) is 0. The van der Waals surface area contributed by atoms with Crippen LogP contribution in [0.2, 0.25) is 0 Å². The Labute approximate surface area is 118 Å². The summed E-state index contributed by atoms with van der Waals surface area (Å²) in [6.07, 6.45) is 0. The first-order valence-corrected chi connectivity index (χ1v) is 6.00. The normalized spacial score (nSPS) is 10.7. The summed E-state index contributed by atoms with van der Waals surface area (Å²) >= 11 is 0. The quantitative estimate of drug-likeness (QED) is 0.582. The standard InChI is InChI=1S/C13H10N4O4/c1-16(8-2-4-9(18)5-3-8)13-11(17(19)20)7-6-10-12(13)15-21-14-10/h2-7,18H,1H3. The molecule has 0 fully saturated rings. The van der Waals surface area contributed by atoms with E-state index in [-0.39, 0.29) is 17.1 Å². The number of phenolic OH excluding ortho intramolecular Hbond substituents is 1. The lowest BCUT2D eigenvalue weighted by Gasteiger charge is -2.19. The largest absolute Gasteiger partial charge is 0.508 e. The van der Waals surface area contributed by atoms with E-state index in [1.165, 1.54) is 24.3 Å². The third-order valence-corrected chi connectivity index (χ3v) is 3.15. The number of phenols is 1. The average molecular weight is 286 g/mol. The lowest BCUT2D eigenvalue weighted by molar-refractivity contribution is -0.384. The van der Waals surface area contributed by atoms with Crippen molar-refractivity contribution in [2.45, 2.75) is 0 Å². The minimum atomic E-state index is -0.486. The second kappa shape index (κ2) is 4.75. The van der Waals surface area contributed by atoms with Crippen LogP contribution in [0.3, 0.4) is 0 Å². The number of aromatic hydroxyl groups is 1. The Morgan fingerprint density at radius 2 is 1.90 bits per heavy atom. The van der Waals surface area contributed by atoms with Gasteiger partial charge in [-0.25, -0.2) is 4.63 Å². The molecule has 1 N–H and O–H groups in total. The zero-order valence-electron chi connectivity index (χ0n) is 10.9. The molecule has 0 aliphatic heterocycles. The molecule has 0 radical (unpaired) electrons. The zero-order valence-corrected chi connectivity index (χ0v) is 10.9. The molecule has 1 heterocycles. The van der Waals surface area contributed by atoms with Gasteiger partial charge in [-0.15, -0.1) is 0 Å². The number of nitro groups is 1. The van der Waals surface area contributed by atoms with Crippen LogP contribution in [0.5, 0.6) is 5.75 Å². The monoisotopic (exact) mass is 286 g/mol. The van der Waals surface area contributed by atoms with Crippen LogP contribution in [-0.2, 0) is 0 Å². The molecule has 0 unspecified atom stereocenters. The molecule has 8 nitrogen and oxygen atoms in total. The van der Waals surface area contributed by atoms with Crippen molar-refractivity contribution in [2.75, 3.05) is 11.9 Å². The molecule has 0 atom stereocenters. The van der Waals surface area contributed by atoms with Gasteiger partial charge in [-0.1, -0.05) is 0 Å². The molecule has 3 rings (SSSR count). The second-order valence-corrected chi connectivity index (χ2v) is 4.40. The summed E-state index contributed by atoms with van der Waals surface area (Å²) in [5, 5.41) is 28.0. The van der Waals surface area contributed by atoms with Gasteiger partial charge >= 0.3 is 0 Å². The van der Waals surface area contributed by atoms with Crippen molar-refractivity contribution in [3.8, 4) is 5.75 Å². The van der Waals surface area contributed by atoms with Crippen LogP contribution in [0.25, 0.3) is 11.0 Å². The van der Waals surface area contributed by atoms with Gasteiger partial charge in [0.25, 0.3) is 5.69 Å². The first-order valence-electron chi connectivity index (χ1n) is 6.00. The van der Waals surface area contributed by atoms with Crippen LogP contribution in [0.1, 0.15) is 0 Å². The fourth-order valence-corrected chi connectivity index (χ4v) is 2.11. The Kier molecular flexibility index (Phi) is 2.90. The molecule has 0 aliphatic carbocycles. The van der Waals surface area contributed by atoms with Crippen molar-refractivity contribution in [2.24, 2.45) is 0 Å². The minimum absolute atomic E-state index is 0.103. The van der Waals surface area contributed by atoms with E-state index < -0.39 is 4.92 Å². The summed E-state index contributed by atoms with van der Waals surface area (Å²) in [5.41, 5.74) is 1.57. The first kappa shape index (κ1) is 12.9. The molecule has 0 aliphatic rings. The van der Waals surface area contributed by atoms with Gasteiger partial charge in [0.15, 0.2) is 11.2 Å². The maximum Gasteiger partial charge on any atom is 0.295 e. The maximum absolute atomic E-state index is 11.2. The number of hydrogen-bond acceptors (Lipinski definition) is 7. The SMILES string of the molecule is CN(c1ccc(O)cc1)c1c([N+](=O)[O-])ccc2nonc12. The Morgan fingerprint density at radius 3 is 2.57 bits per heavy atom. The van der Waals surface area contributed by atoms with Gasteiger partial charge in [-0.2, -0.15) is 0 Å². The zero-order chi connectivity index (χ0) is 15.0. The number of rotatable bonds is 3. The predicted molar refractivity (Wildman–Crippen MR) is 74.6 cm³/mol. The molecule has 3 aromatic rings. The van der Waals surface area contributed by atoms with Crippen LogP contribution in [-0.4, -0.2) is 27.4 Å². The molecule has 1 aromatic heterocycles. The molecule has 2 aromatic carbocycles. The predicted octanol–water partition coefficient (Wildman–Crippen LogP) is 2.60. The van der Waals surface area contributed by atoms with Crippen molar-refractivity contribution in [1.82, 2.24) is 10.3 Å². The molecule has 21 heavy (non-hydrogen) atoms. The summed E-state index contributed by atoms with van der Waals surface area (Å²) in [7, 11) is 1.67. The van der Waals surface area contributed by atoms with Gasteiger partial charge in [-0.05, 0) is 40.6 Å². The lowest BCUT2D eigenvalue weighted by Crippen LogP contribution is -2.12. The number of fused-ring (bicyclic) bond motifs is 1. The highest BCUT2D eigenvalue weighted by Crippen LogP contribution is 2.37. The second-order valence-electron chi connectivity index (χ2n) is 4.40. The Morgan fingerprint density at radius 1 is 1.19 bits per heavy atom. The van der Waals surface area contributed by atoms with Crippen molar-refractivity contribution in [3.63, 3.8) is 0 Å². The molecule has 0 saturated heterocycles. The third kappa shape index (κ3) is 2.12. The molecular formula is C13H10N4O4. The van der Waals surface area contributed by atoms with E-state index in [4.69, 9.17) is 0 Å². The van der Waals surface area contributed by atoms with Gasteiger partial charge in [0.05, 0.1) is 4.92 Å². The van der Waals surface area contributed by atoms with Gasteiger partial charge < -0.3 is 10.0 Å². The third-order valence-electron chi connectivity index (χ3n) is 3.15. The average Bonchev–Trinajstić information content (AvgIpc) is 2.94. The lowest BCUT2D eigenvalue weighted by atomic mass is 10.2. The van der Waals surface area contributed by atoms with E-state index in [2.05, 4.69) is 14.9 Å². The van der Waals surface area contributed by atoms with Crippen molar-refractivity contribution >= 4 is 28.1 Å². The molecule has 0 bridgehead atoms. The Hall–Kier alpha value is -3.16. The summed E-state index contributed by atoms with van der Waals surface area (Å²) in [5.74, 6) is 0.114.